The van der Waals surface area contributed by atoms with Crippen LogP contribution >= 0.6 is 0 Å². The average Bonchev–Trinajstić information content (AvgIpc) is 2.27. The van der Waals surface area contributed by atoms with Gasteiger partial charge in [0.15, 0.2) is 0 Å². The lowest BCUT2D eigenvalue weighted by Gasteiger charge is -2.07. The van der Waals surface area contributed by atoms with E-state index >= 15 is 0 Å². The van der Waals surface area contributed by atoms with E-state index in [0.29, 0.717) is 13.0 Å². The molecule has 0 atom stereocenters. The van der Waals surface area contributed by atoms with Gasteiger partial charge in [0, 0.05) is 6.54 Å². The highest BCUT2D eigenvalue weighted by atomic mass is 16.3. The molecule has 0 spiro atoms. The van der Waals surface area contributed by atoms with Gasteiger partial charge in [0.2, 0.25) is 5.91 Å². The summed E-state index contributed by atoms with van der Waals surface area (Å²) in [6.07, 6.45) is 1.28. The number of hydrogen-bond donors (Lipinski definition) is 2. The van der Waals surface area contributed by atoms with Crippen molar-refractivity contribution >= 4 is 5.91 Å². The molecular weight excluding hydrogens is 190 g/mol. The van der Waals surface area contributed by atoms with Gasteiger partial charge >= 0.3 is 0 Å². The fourth-order valence-electron chi connectivity index (χ4n) is 1.38. The van der Waals surface area contributed by atoms with Gasteiger partial charge in [-0.2, -0.15) is 0 Å². The van der Waals surface area contributed by atoms with Crippen molar-refractivity contribution in [2.75, 3.05) is 6.54 Å². The summed E-state index contributed by atoms with van der Waals surface area (Å²) in [4.78, 5) is 11.4. The molecule has 0 unspecified atom stereocenters. The van der Waals surface area contributed by atoms with Gasteiger partial charge in [-0.15, -0.1) is 0 Å². The Labute approximate surface area is 90.1 Å². The van der Waals surface area contributed by atoms with E-state index < -0.39 is 0 Å². The number of carbonyl (C=O) groups excluding carboxylic acids is 1. The zero-order valence-corrected chi connectivity index (χ0v) is 8.99. The number of aliphatic hydroxyl groups excluding tert-OH is 1. The molecule has 0 radical (unpaired) electrons. The highest BCUT2D eigenvalue weighted by molar-refractivity contribution is 5.78. The number of hydrogen-bond acceptors (Lipinski definition) is 2. The van der Waals surface area contributed by atoms with Gasteiger partial charge in [0.25, 0.3) is 0 Å². The summed E-state index contributed by atoms with van der Waals surface area (Å²) < 4.78 is 0. The first-order valence-electron chi connectivity index (χ1n) is 5.22. The Hall–Kier alpha value is -1.35. The van der Waals surface area contributed by atoms with E-state index in [1.807, 2.05) is 31.2 Å². The van der Waals surface area contributed by atoms with Crippen molar-refractivity contribution in [3.8, 4) is 0 Å². The summed E-state index contributed by atoms with van der Waals surface area (Å²) in [7, 11) is 0. The third kappa shape index (κ3) is 3.72. The monoisotopic (exact) mass is 207 g/mol. The molecule has 0 saturated heterocycles. The molecular formula is C12H17NO2. The van der Waals surface area contributed by atoms with E-state index in [9.17, 15) is 4.79 Å². The number of aliphatic hydroxyl groups is 1. The topological polar surface area (TPSA) is 49.3 Å². The highest BCUT2D eigenvalue weighted by Crippen LogP contribution is 2.09. The van der Waals surface area contributed by atoms with E-state index in [4.69, 9.17) is 5.11 Å². The van der Waals surface area contributed by atoms with Crippen LogP contribution in [0.1, 0.15) is 24.5 Å². The molecule has 3 heteroatoms. The fraction of sp³-hybridized carbons (Fsp3) is 0.417. The van der Waals surface area contributed by atoms with Crippen molar-refractivity contribution in [1.29, 1.82) is 0 Å². The van der Waals surface area contributed by atoms with Crippen LogP contribution in [0.15, 0.2) is 24.3 Å². The maximum atomic E-state index is 11.4. The summed E-state index contributed by atoms with van der Waals surface area (Å²) in [5.41, 5.74) is 1.72. The van der Waals surface area contributed by atoms with Gasteiger partial charge in [0.1, 0.15) is 0 Å². The van der Waals surface area contributed by atoms with Crippen LogP contribution < -0.4 is 5.32 Å². The molecule has 0 aliphatic rings. The summed E-state index contributed by atoms with van der Waals surface area (Å²) in [6, 6.07) is 7.44. The minimum absolute atomic E-state index is 0.0118. The Kier molecular flexibility index (Phi) is 4.84. The second-order valence-corrected chi connectivity index (χ2v) is 3.45. The molecule has 2 N–H and O–H groups in total. The molecule has 15 heavy (non-hydrogen) atoms. The molecule has 0 aliphatic heterocycles. The van der Waals surface area contributed by atoms with E-state index in [-0.39, 0.29) is 12.5 Å². The largest absolute Gasteiger partial charge is 0.392 e. The quantitative estimate of drug-likeness (QED) is 0.763. The molecule has 1 amide bonds. The van der Waals surface area contributed by atoms with Crippen molar-refractivity contribution in [3.05, 3.63) is 35.4 Å². The Bertz CT molecular complexity index is 323. The zero-order chi connectivity index (χ0) is 11.1. The third-order valence-electron chi connectivity index (χ3n) is 2.21. The maximum Gasteiger partial charge on any atom is 0.224 e. The van der Waals surface area contributed by atoms with Crippen molar-refractivity contribution in [3.63, 3.8) is 0 Å². The van der Waals surface area contributed by atoms with Gasteiger partial charge in [-0.25, -0.2) is 0 Å². The van der Waals surface area contributed by atoms with E-state index in [2.05, 4.69) is 5.32 Å². The van der Waals surface area contributed by atoms with Gasteiger partial charge in [-0.1, -0.05) is 31.2 Å². The molecule has 0 fully saturated rings. The summed E-state index contributed by atoms with van der Waals surface area (Å²) in [5.74, 6) is 0.0118. The van der Waals surface area contributed by atoms with Gasteiger partial charge in [-0.05, 0) is 17.5 Å². The first-order chi connectivity index (χ1) is 7.27. The maximum absolute atomic E-state index is 11.4. The molecule has 3 nitrogen and oxygen atoms in total. The fourth-order valence-corrected chi connectivity index (χ4v) is 1.38. The van der Waals surface area contributed by atoms with E-state index in [1.54, 1.807) is 0 Å². The Morgan fingerprint density at radius 2 is 2.00 bits per heavy atom. The smallest absolute Gasteiger partial charge is 0.224 e. The number of benzene rings is 1. The molecule has 0 aliphatic carbocycles. The van der Waals surface area contributed by atoms with Crippen LogP contribution in [-0.2, 0) is 17.8 Å². The average molecular weight is 207 g/mol. The van der Waals surface area contributed by atoms with Crippen molar-refractivity contribution in [2.45, 2.75) is 26.4 Å². The standard InChI is InChI=1S/C12H17NO2/c1-2-7-13-12(15)8-10-5-3-4-6-11(10)9-14/h3-6,14H,2,7-9H2,1H3,(H,13,15). The van der Waals surface area contributed by atoms with E-state index in [1.165, 1.54) is 0 Å². The van der Waals surface area contributed by atoms with Gasteiger partial charge in [-0.3, -0.25) is 4.79 Å². The van der Waals surface area contributed by atoms with Crippen molar-refractivity contribution < 1.29 is 9.90 Å². The molecule has 1 rings (SSSR count). The minimum Gasteiger partial charge on any atom is -0.392 e. The lowest BCUT2D eigenvalue weighted by Crippen LogP contribution is -2.26. The van der Waals surface area contributed by atoms with Crippen LogP contribution in [0.2, 0.25) is 0 Å². The Morgan fingerprint density at radius 3 is 2.60 bits per heavy atom. The van der Waals surface area contributed by atoms with Crippen molar-refractivity contribution in [1.82, 2.24) is 5.32 Å². The lowest BCUT2D eigenvalue weighted by atomic mass is 10.1. The molecule has 82 valence electrons. The predicted octanol–water partition coefficient (Wildman–Crippen LogP) is 1.25. The zero-order valence-electron chi connectivity index (χ0n) is 8.99. The highest BCUT2D eigenvalue weighted by Gasteiger charge is 2.05. The first kappa shape index (κ1) is 11.7. The van der Waals surface area contributed by atoms with Crippen LogP contribution in [0.25, 0.3) is 0 Å². The second kappa shape index (κ2) is 6.19. The number of carbonyl (C=O) groups is 1. The molecule has 1 aromatic rings. The summed E-state index contributed by atoms with van der Waals surface area (Å²) in [6.45, 7) is 2.71. The van der Waals surface area contributed by atoms with Crippen LogP contribution in [0.5, 0.6) is 0 Å². The number of amides is 1. The molecule has 0 heterocycles. The van der Waals surface area contributed by atoms with Gasteiger partial charge in [0.05, 0.1) is 13.0 Å². The normalized spacial score (nSPS) is 10.0. The van der Waals surface area contributed by atoms with E-state index in [0.717, 1.165) is 17.5 Å². The minimum atomic E-state index is -0.0166. The number of rotatable bonds is 5. The Morgan fingerprint density at radius 1 is 1.33 bits per heavy atom. The van der Waals surface area contributed by atoms with Crippen LogP contribution in [0, 0.1) is 0 Å². The summed E-state index contributed by atoms with van der Waals surface area (Å²) >= 11 is 0. The molecule has 1 aromatic carbocycles. The molecule has 0 aromatic heterocycles. The lowest BCUT2D eigenvalue weighted by molar-refractivity contribution is -0.120. The van der Waals surface area contributed by atoms with Crippen LogP contribution in [-0.4, -0.2) is 17.6 Å². The van der Waals surface area contributed by atoms with Crippen LogP contribution in [0.3, 0.4) is 0 Å². The second-order valence-electron chi connectivity index (χ2n) is 3.45. The predicted molar refractivity (Wildman–Crippen MR) is 59.4 cm³/mol. The summed E-state index contributed by atoms with van der Waals surface area (Å²) in [5, 5.41) is 11.9. The van der Waals surface area contributed by atoms with Crippen LogP contribution in [0.4, 0.5) is 0 Å². The van der Waals surface area contributed by atoms with Gasteiger partial charge < -0.3 is 10.4 Å². The Balaban J connectivity index is 2.59. The van der Waals surface area contributed by atoms with Crippen molar-refractivity contribution in [2.24, 2.45) is 0 Å². The molecule has 0 saturated carbocycles. The third-order valence-corrected chi connectivity index (χ3v) is 2.21. The first-order valence-corrected chi connectivity index (χ1v) is 5.22. The molecule has 0 bridgehead atoms. The number of nitrogens with one attached hydrogen (secondary N) is 1. The SMILES string of the molecule is CCCNC(=O)Cc1ccccc1CO.